The number of rotatable bonds is 11. The molecule has 0 amide bonds. The van der Waals surface area contributed by atoms with Crippen LogP contribution < -0.4 is 4.58 Å². The average molecular weight is 831 g/mol. The van der Waals surface area contributed by atoms with E-state index in [1.54, 1.807) is 78.9 Å². The molecule has 0 aliphatic carbocycles. The summed E-state index contributed by atoms with van der Waals surface area (Å²) in [5.74, 6) is 0.0216. The lowest BCUT2D eigenvalue weighted by Crippen LogP contribution is -2.01. The van der Waals surface area contributed by atoms with E-state index in [-0.39, 0.29) is 27.8 Å². The molecule has 0 saturated heterocycles. The molecule has 0 fully saturated rings. The number of azo groups is 4. The van der Waals surface area contributed by atoms with Crippen molar-refractivity contribution >= 4 is 83.8 Å². The van der Waals surface area contributed by atoms with Gasteiger partial charge in [-0.05, 0) is 140 Å². The summed E-state index contributed by atoms with van der Waals surface area (Å²) < 4.78 is 34.1. The molecule has 0 spiro atoms. The van der Waals surface area contributed by atoms with Crippen molar-refractivity contribution in [3.63, 3.8) is 0 Å². The quantitative estimate of drug-likeness (QED) is 0.0379. The van der Waals surface area contributed by atoms with Crippen LogP contribution in [-0.4, -0.2) is 29.3 Å². The first-order chi connectivity index (χ1) is 29.3. The summed E-state index contributed by atoms with van der Waals surface area (Å²) in [6, 6.07) is 34.8. The van der Waals surface area contributed by atoms with Crippen molar-refractivity contribution < 1.29 is 28.0 Å². The minimum absolute atomic E-state index is 0.0184. The van der Waals surface area contributed by atoms with E-state index in [0.29, 0.717) is 56.3 Å². The summed E-state index contributed by atoms with van der Waals surface area (Å²) >= 11 is 0. The van der Waals surface area contributed by atoms with E-state index in [2.05, 4.69) is 40.9 Å². The van der Waals surface area contributed by atoms with E-state index >= 15 is 0 Å². The molecule has 0 saturated carbocycles. The Kier molecular flexibility index (Phi) is 11.9. The third-order valence-corrected chi connectivity index (χ3v) is 10.4. The zero-order valence-electron chi connectivity index (χ0n) is 33.1. The first-order valence-electron chi connectivity index (χ1n) is 18.6. The first-order valence-corrected chi connectivity index (χ1v) is 20.0. The van der Waals surface area contributed by atoms with Crippen LogP contribution in [0.25, 0.3) is 10.8 Å². The van der Waals surface area contributed by atoms with Crippen LogP contribution in [0.1, 0.15) is 22.3 Å². The molecule has 0 aliphatic heterocycles. The third-order valence-electron chi connectivity index (χ3n) is 9.51. The van der Waals surface area contributed by atoms with Gasteiger partial charge in [-0.15, -0.1) is 10.2 Å². The Hall–Kier alpha value is -7.91. The highest BCUT2D eigenvalue weighted by Crippen LogP contribution is 2.39. The predicted molar refractivity (Wildman–Crippen MR) is 232 cm³/mol. The molecule has 7 aromatic rings. The van der Waals surface area contributed by atoms with Crippen LogP contribution in [0, 0.1) is 27.7 Å². The molecule has 0 heterocycles. The molecule has 61 heavy (non-hydrogen) atoms. The molecule has 16 heteroatoms. The maximum atomic E-state index is 11.8. The molecule has 3 N–H and O–H groups in total. The van der Waals surface area contributed by atoms with E-state index in [1.807, 2.05) is 52.0 Å². The highest BCUT2D eigenvalue weighted by atomic mass is 32.2. The van der Waals surface area contributed by atoms with Crippen molar-refractivity contribution in [3.8, 4) is 11.5 Å². The van der Waals surface area contributed by atoms with Gasteiger partial charge in [0.05, 0.1) is 34.1 Å². The average Bonchev–Trinajstić information content (AvgIpc) is 3.24. The zero-order chi connectivity index (χ0) is 43.3. The first kappa shape index (κ1) is 41.3. The van der Waals surface area contributed by atoms with Gasteiger partial charge in [0.1, 0.15) is 22.0 Å². The highest BCUT2D eigenvalue weighted by Gasteiger charge is 2.18. The molecule has 15 nitrogen and oxygen atoms in total. The van der Waals surface area contributed by atoms with Crippen LogP contribution >= 0.6 is 0 Å². The number of isocyanates is 1. The minimum atomic E-state index is -4.45. The van der Waals surface area contributed by atoms with Crippen LogP contribution in [0.4, 0.5) is 56.9 Å². The van der Waals surface area contributed by atoms with E-state index in [1.165, 1.54) is 34.9 Å². The van der Waals surface area contributed by atoms with Gasteiger partial charge in [0.15, 0.2) is 5.75 Å². The Morgan fingerprint density at radius 2 is 0.984 bits per heavy atom. The van der Waals surface area contributed by atoms with Gasteiger partial charge in [-0.2, -0.15) is 43.9 Å². The maximum absolute atomic E-state index is 11.8. The summed E-state index contributed by atoms with van der Waals surface area (Å²) in [5.41, 5.74) is 8.10. The van der Waals surface area contributed by atoms with Crippen LogP contribution in [0.3, 0.4) is 0 Å². The van der Waals surface area contributed by atoms with E-state index in [9.17, 15) is 28.0 Å². The topological polar surface area (TPSA) is 214 Å². The Labute approximate surface area is 349 Å². The second kappa shape index (κ2) is 17.5. The second-order valence-corrected chi connectivity index (χ2v) is 15.3. The van der Waals surface area contributed by atoms with Gasteiger partial charge in [-0.25, -0.2) is 0 Å². The third kappa shape index (κ3) is 9.53. The lowest BCUT2D eigenvalue weighted by Gasteiger charge is -2.07. The Morgan fingerprint density at radius 3 is 1.57 bits per heavy atom. The van der Waals surface area contributed by atoms with Crippen molar-refractivity contribution in [2.75, 3.05) is 0 Å². The van der Waals surface area contributed by atoms with Crippen LogP contribution in [0.15, 0.2) is 173 Å². The fourth-order valence-corrected chi connectivity index (χ4v) is 6.81. The standard InChI is InChI=1S/C45H35N9O6S/c1-27-21-33(10-19-38(27)48-46-32-11-20-39(28(2)22-32)49-50-40-7-5-6-8-44(40)61(58,59)60)47-52-42-23-30(4)43(24-29(42)3)53-51-41-18-9-31-25-35(14-17-37(31)45(41)57)54(26-55)34-12-15-36(56)16-13-34/h5-25H,1-4H3,(H2-,46,47,50,53,56,57,58,59,60)/p+1. The van der Waals surface area contributed by atoms with Gasteiger partial charge in [-0.1, -0.05) is 22.8 Å². The van der Waals surface area contributed by atoms with Crippen molar-refractivity contribution in [2.45, 2.75) is 32.6 Å². The van der Waals surface area contributed by atoms with Crippen molar-refractivity contribution in [1.29, 1.82) is 0 Å². The number of phenols is 2. The van der Waals surface area contributed by atoms with E-state index in [0.717, 1.165) is 22.3 Å². The molecular formula is C45H36N9O6S+. The van der Waals surface area contributed by atoms with Crippen LogP contribution in [-0.2, 0) is 14.9 Å². The van der Waals surface area contributed by atoms with Gasteiger partial charge in [0.2, 0.25) is 11.4 Å². The largest absolute Gasteiger partial charge is 0.508 e. The van der Waals surface area contributed by atoms with E-state index < -0.39 is 10.1 Å². The minimum Gasteiger partial charge on any atom is -0.508 e. The predicted octanol–water partition coefficient (Wildman–Crippen LogP) is 13.6. The number of phenolic OH excluding ortho intramolecular Hbond substituents is 2. The van der Waals surface area contributed by atoms with Crippen molar-refractivity contribution in [2.24, 2.45) is 40.9 Å². The summed E-state index contributed by atoms with van der Waals surface area (Å²) in [7, 11) is -4.45. The Balaban J connectivity index is 1.01. The Bertz CT molecular complexity index is 3140. The molecule has 0 unspecified atom stereocenters. The van der Waals surface area contributed by atoms with Gasteiger partial charge < -0.3 is 10.2 Å². The van der Waals surface area contributed by atoms with Crippen LogP contribution in [0.5, 0.6) is 11.5 Å². The monoisotopic (exact) mass is 830 g/mol. The maximum Gasteiger partial charge on any atom is 0.437 e. The van der Waals surface area contributed by atoms with Gasteiger partial charge in [-0.3, -0.25) is 4.55 Å². The summed E-state index contributed by atoms with van der Waals surface area (Å²) in [4.78, 5) is 11.5. The summed E-state index contributed by atoms with van der Waals surface area (Å²) in [6.07, 6.45) is 1.91. The summed E-state index contributed by atoms with van der Waals surface area (Å²) in [6.45, 7) is 7.49. The Morgan fingerprint density at radius 1 is 0.492 bits per heavy atom. The number of benzene rings is 7. The van der Waals surface area contributed by atoms with Gasteiger partial charge in [0.25, 0.3) is 10.1 Å². The van der Waals surface area contributed by atoms with Crippen molar-refractivity contribution in [3.05, 3.63) is 150 Å². The lowest BCUT2D eigenvalue weighted by molar-refractivity contribution is 0.475. The molecule has 0 bridgehead atoms. The highest BCUT2D eigenvalue weighted by molar-refractivity contribution is 7.86. The fourth-order valence-electron chi connectivity index (χ4n) is 6.19. The number of carbonyl (C=O) groups excluding carboxylic acids is 1. The van der Waals surface area contributed by atoms with Gasteiger partial charge in [0, 0.05) is 29.7 Å². The number of aryl methyl sites for hydroxylation is 4. The molecule has 0 aromatic heterocycles. The normalized spacial score (nSPS) is 12.0. The molecule has 0 aliphatic rings. The number of hydrogen-bond acceptors (Lipinski definition) is 13. The van der Waals surface area contributed by atoms with E-state index in [4.69, 9.17) is 0 Å². The number of fused-ring (bicyclic) bond motifs is 1. The van der Waals surface area contributed by atoms with Crippen molar-refractivity contribution in [1.82, 2.24) is 4.58 Å². The molecule has 0 atom stereocenters. The molecule has 0 radical (unpaired) electrons. The molecule has 7 rings (SSSR count). The SMILES string of the molecule is Cc1cc(N=Nc2cc(C)c(N=Nc3ccc4cc([N+](=C=O)c5ccc(O)cc5)ccc4c3O)cc2C)ccc1N=Nc1ccc(N=Nc2ccccc2S(=O)(=O)O)c(C)c1. The zero-order valence-corrected chi connectivity index (χ0v) is 33.9. The number of nitrogens with zero attached hydrogens (tertiary/aromatic N) is 9. The second-order valence-electron chi connectivity index (χ2n) is 13.9. The molecule has 7 aromatic carbocycles. The molecule has 302 valence electrons. The number of hydrogen-bond donors (Lipinski definition) is 3. The lowest BCUT2D eigenvalue weighted by atomic mass is 10.1. The summed E-state index contributed by atoms with van der Waals surface area (Å²) in [5, 5.41) is 56.6. The van der Waals surface area contributed by atoms with Gasteiger partial charge >= 0.3 is 6.08 Å². The fraction of sp³-hybridized carbons (Fsp3) is 0.0889. The smallest absolute Gasteiger partial charge is 0.437 e. The molecular weight excluding hydrogens is 795 g/mol. The number of aromatic hydroxyl groups is 2. The van der Waals surface area contributed by atoms with Crippen LogP contribution in [0.2, 0.25) is 0 Å².